The molecule has 0 bridgehead atoms. The Bertz CT molecular complexity index is 1130. The number of fused-ring (bicyclic) bond motifs is 3. The molecule has 31 heavy (non-hydrogen) atoms. The second-order valence-electron chi connectivity index (χ2n) is 8.08. The van der Waals surface area contributed by atoms with Crippen molar-refractivity contribution in [1.29, 1.82) is 0 Å². The van der Waals surface area contributed by atoms with Crippen molar-refractivity contribution in [2.24, 2.45) is 0 Å². The van der Waals surface area contributed by atoms with Gasteiger partial charge in [0.25, 0.3) is 0 Å². The number of amides is 1. The average molecular weight is 421 g/mol. The third-order valence-electron chi connectivity index (χ3n) is 5.91. The first-order valence-corrected chi connectivity index (χ1v) is 10.4. The molecule has 9 heteroatoms. The minimum atomic E-state index is -0.245. The fraction of sp³-hybridized carbons (Fsp3) is 0.364. The monoisotopic (exact) mass is 421 g/mol. The predicted molar refractivity (Wildman–Crippen MR) is 116 cm³/mol. The van der Waals surface area contributed by atoms with E-state index in [9.17, 15) is 9.18 Å². The van der Waals surface area contributed by atoms with Crippen LogP contribution < -0.4 is 15.1 Å². The van der Waals surface area contributed by atoms with Crippen LogP contribution in [0.2, 0.25) is 0 Å². The molecule has 1 saturated heterocycles. The number of benzene rings is 1. The molecule has 1 amide bonds. The summed E-state index contributed by atoms with van der Waals surface area (Å²) in [6, 6.07) is 6.29. The van der Waals surface area contributed by atoms with E-state index in [1.807, 2.05) is 17.8 Å². The zero-order valence-electron chi connectivity index (χ0n) is 17.5. The molecule has 0 unspecified atom stereocenters. The Morgan fingerprint density at radius 2 is 2.00 bits per heavy atom. The lowest BCUT2D eigenvalue weighted by molar-refractivity contribution is -0.119. The zero-order chi connectivity index (χ0) is 21.5. The Balaban J connectivity index is 1.31. The number of aryl methyl sites for hydroxylation is 1. The van der Waals surface area contributed by atoms with E-state index in [1.54, 1.807) is 30.3 Å². The van der Waals surface area contributed by atoms with Crippen molar-refractivity contribution in [2.75, 3.05) is 28.7 Å². The summed E-state index contributed by atoms with van der Waals surface area (Å²) in [4.78, 5) is 25.8. The highest BCUT2D eigenvalue weighted by atomic mass is 19.1. The smallest absolute Gasteiger partial charge is 0.249 e. The van der Waals surface area contributed by atoms with Crippen molar-refractivity contribution in [2.45, 2.75) is 38.9 Å². The number of rotatable bonds is 5. The fourth-order valence-corrected chi connectivity index (χ4v) is 4.38. The average Bonchev–Trinajstić information content (AvgIpc) is 3.42. The normalized spacial score (nSPS) is 17.6. The number of halogens is 1. The second-order valence-corrected chi connectivity index (χ2v) is 8.08. The highest BCUT2D eigenvalue weighted by molar-refractivity contribution is 6.05. The van der Waals surface area contributed by atoms with Crippen molar-refractivity contribution in [3.8, 4) is 0 Å². The topological polar surface area (TPSA) is 79.2 Å². The van der Waals surface area contributed by atoms with Crippen LogP contribution in [-0.4, -0.2) is 45.3 Å². The van der Waals surface area contributed by atoms with Crippen LogP contribution in [0.1, 0.15) is 29.7 Å². The molecular formula is C22H24FN7O. The first-order valence-electron chi connectivity index (χ1n) is 10.4. The van der Waals surface area contributed by atoms with Crippen molar-refractivity contribution in [1.82, 2.24) is 19.7 Å². The maximum Gasteiger partial charge on any atom is 0.249 e. The number of nitrogens with one attached hydrogen (secondary N) is 1. The number of carbonyl (C=O) groups excluding carboxylic acids is 1. The summed E-state index contributed by atoms with van der Waals surface area (Å²) in [6.07, 6.45) is 5.60. The van der Waals surface area contributed by atoms with Gasteiger partial charge in [0.1, 0.15) is 17.5 Å². The van der Waals surface area contributed by atoms with Crippen LogP contribution in [0.4, 0.5) is 21.8 Å². The van der Waals surface area contributed by atoms with Crippen molar-refractivity contribution in [3.05, 3.63) is 59.3 Å². The van der Waals surface area contributed by atoms with E-state index in [4.69, 9.17) is 4.98 Å². The summed E-state index contributed by atoms with van der Waals surface area (Å²) < 4.78 is 14.9. The number of aromatic nitrogens is 4. The quantitative estimate of drug-likeness (QED) is 0.683. The van der Waals surface area contributed by atoms with Crippen LogP contribution in [0.15, 0.2) is 36.7 Å². The summed E-state index contributed by atoms with van der Waals surface area (Å²) in [5, 5.41) is 7.67. The molecule has 0 aliphatic carbocycles. The highest BCUT2D eigenvalue weighted by Crippen LogP contribution is 2.40. The van der Waals surface area contributed by atoms with Gasteiger partial charge < -0.3 is 15.1 Å². The Kier molecular flexibility index (Phi) is 4.80. The molecule has 8 nitrogen and oxygen atoms in total. The molecule has 1 aromatic carbocycles. The Labute approximate surface area is 179 Å². The van der Waals surface area contributed by atoms with Gasteiger partial charge in [0, 0.05) is 31.9 Å². The van der Waals surface area contributed by atoms with Crippen molar-refractivity contribution in [3.63, 3.8) is 0 Å². The third kappa shape index (κ3) is 3.60. The first kappa shape index (κ1) is 19.5. The molecule has 0 spiro atoms. The maximum absolute atomic E-state index is 13.1. The van der Waals surface area contributed by atoms with Crippen molar-refractivity contribution < 1.29 is 9.18 Å². The molecule has 1 fully saturated rings. The Morgan fingerprint density at radius 1 is 1.19 bits per heavy atom. The van der Waals surface area contributed by atoms with Gasteiger partial charge in [-0.3, -0.25) is 9.48 Å². The third-order valence-corrected chi connectivity index (χ3v) is 5.91. The molecular weight excluding hydrogens is 397 g/mol. The lowest BCUT2D eigenvalue weighted by Gasteiger charge is -2.37. The van der Waals surface area contributed by atoms with Crippen LogP contribution in [-0.2, 0) is 17.9 Å². The van der Waals surface area contributed by atoms with Gasteiger partial charge in [-0.15, -0.1) is 0 Å². The van der Waals surface area contributed by atoms with Gasteiger partial charge in [0.2, 0.25) is 11.9 Å². The minimum Gasteiger partial charge on any atom is -0.350 e. The first-order chi connectivity index (χ1) is 15.0. The Hall–Kier alpha value is -3.49. The summed E-state index contributed by atoms with van der Waals surface area (Å²) in [5.41, 5.74) is 3.55. The van der Waals surface area contributed by atoms with Gasteiger partial charge in [0.15, 0.2) is 5.82 Å². The van der Waals surface area contributed by atoms with Gasteiger partial charge in [-0.2, -0.15) is 10.1 Å². The molecule has 1 atom stereocenters. The lowest BCUT2D eigenvalue weighted by Crippen LogP contribution is -2.49. The molecule has 2 aliphatic rings. The number of likely N-dealkylation sites (N-methyl/N-ethyl adjacent to an activating group) is 1. The maximum atomic E-state index is 13.1. The van der Waals surface area contributed by atoms with Gasteiger partial charge in [-0.1, -0.05) is 12.1 Å². The van der Waals surface area contributed by atoms with E-state index >= 15 is 0 Å². The number of hydrogen-bond donors (Lipinski definition) is 1. The summed E-state index contributed by atoms with van der Waals surface area (Å²) in [7, 11) is 1.80. The van der Waals surface area contributed by atoms with E-state index in [2.05, 4.69) is 20.3 Å². The zero-order valence-corrected chi connectivity index (χ0v) is 17.5. The van der Waals surface area contributed by atoms with Crippen LogP contribution in [0.5, 0.6) is 0 Å². The van der Waals surface area contributed by atoms with Crippen LogP contribution in [0.25, 0.3) is 0 Å². The van der Waals surface area contributed by atoms with E-state index in [-0.39, 0.29) is 17.8 Å². The molecule has 0 saturated carbocycles. The van der Waals surface area contributed by atoms with E-state index in [0.717, 1.165) is 47.7 Å². The van der Waals surface area contributed by atoms with Gasteiger partial charge in [-0.25, -0.2) is 9.37 Å². The SMILES string of the molecule is Cc1nc(NCc2cnn(Cc3ccc(F)cc3)c2)nc2c1N(C)C(=O)[C@@H]1CCCN21. The fourth-order valence-electron chi connectivity index (χ4n) is 4.38. The number of carbonyl (C=O) groups is 1. The van der Waals surface area contributed by atoms with E-state index in [1.165, 1.54) is 12.1 Å². The minimum absolute atomic E-state index is 0.117. The molecule has 0 radical (unpaired) electrons. The molecule has 2 aliphatic heterocycles. The standard InChI is InChI=1S/C22H24FN7O/c1-14-19-20(30-9-3-4-18(30)21(31)28(19)2)27-22(26-14)24-10-16-11-25-29(13-16)12-15-5-7-17(23)8-6-15/h5-8,11,13,18H,3-4,9-10,12H2,1-2H3,(H,24,26,27)/t18-/m0/s1. The van der Waals surface area contributed by atoms with E-state index < -0.39 is 0 Å². The van der Waals surface area contributed by atoms with Gasteiger partial charge in [0.05, 0.1) is 18.4 Å². The molecule has 1 N–H and O–H groups in total. The molecule has 3 aromatic rings. The summed E-state index contributed by atoms with van der Waals surface area (Å²) in [6.45, 7) is 3.85. The highest BCUT2D eigenvalue weighted by Gasteiger charge is 2.41. The second kappa shape index (κ2) is 7.64. The van der Waals surface area contributed by atoms with E-state index in [0.29, 0.717) is 19.0 Å². The molecule has 5 rings (SSSR count). The van der Waals surface area contributed by atoms with Gasteiger partial charge >= 0.3 is 0 Å². The summed E-state index contributed by atoms with van der Waals surface area (Å²) >= 11 is 0. The Morgan fingerprint density at radius 3 is 2.81 bits per heavy atom. The predicted octanol–water partition coefficient (Wildman–Crippen LogP) is 2.73. The summed E-state index contributed by atoms with van der Waals surface area (Å²) in [5.74, 6) is 1.23. The number of hydrogen-bond acceptors (Lipinski definition) is 6. The largest absolute Gasteiger partial charge is 0.350 e. The van der Waals surface area contributed by atoms with Gasteiger partial charge in [-0.05, 0) is 37.5 Å². The molecule has 4 heterocycles. The number of nitrogens with zero attached hydrogens (tertiary/aromatic N) is 6. The van der Waals surface area contributed by atoms with Crippen molar-refractivity contribution >= 4 is 23.4 Å². The molecule has 160 valence electrons. The molecule has 2 aromatic heterocycles. The lowest BCUT2D eigenvalue weighted by atomic mass is 10.1. The van der Waals surface area contributed by atoms with Crippen LogP contribution in [0.3, 0.4) is 0 Å². The van der Waals surface area contributed by atoms with Crippen LogP contribution in [0, 0.1) is 12.7 Å². The van der Waals surface area contributed by atoms with Crippen LogP contribution >= 0.6 is 0 Å². The number of anilines is 3.